The van der Waals surface area contributed by atoms with Gasteiger partial charge in [0, 0.05) is 16.1 Å². The van der Waals surface area contributed by atoms with Crippen molar-refractivity contribution in [2.75, 3.05) is 20.8 Å². The summed E-state index contributed by atoms with van der Waals surface area (Å²) in [6.45, 7) is 1.80. The summed E-state index contributed by atoms with van der Waals surface area (Å²) < 4.78 is 18.1. The number of carbonyl (C=O) groups excluding carboxylic acids is 1. The Kier molecular flexibility index (Phi) is 7.10. The van der Waals surface area contributed by atoms with E-state index in [0.29, 0.717) is 42.7 Å². The smallest absolute Gasteiger partial charge is 0.338 e. The van der Waals surface area contributed by atoms with Crippen molar-refractivity contribution in [2.24, 2.45) is 4.99 Å². The van der Waals surface area contributed by atoms with Gasteiger partial charge in [0.05, 0.1) is 30.0 Å². The first-order chi connectivity index (χ1) is 16.9. The van der Waals surface area contributed by atoms with Gasteiger partial charge in [-0.2, -0.15) is 0 Å². The Morgan fingerprint density at radius 2 is 2.03 bits per heavy atom. The van der Waals surface area contributed by atoms with Gasteiger partial charge in [-0.15, -0.1) is 6.42 Å². The minimum absolute atomic E-state index is 0.0996. The molecule has 178 valence electrons. The number of carbonyl (C=O) groups is 1. The molecule has 35 heavy (non-hydrogen) atoms. The van der Waals surface area contributed by atoms with E-state index in [1.54, 1.807) is 37.3 Å². The number of fused-ring (bicyclic) bond motifs is 1. The van der Waals surface area contributed by atoms with E-state index in [-0.39, 0.29) is 17.7 Å². The molecule has 1 atom stereocenters. The van der Waals surface area contributed by atoms with Crippen molar-refractivity contribution < 1.29 is 19.0 Å². The number of ether oxygens (including phenoxy) is 3. The van der Waals surface area contributed by atoms with Crippen molar-refractivity contribution in [2.45, 2.75) is 13.0 Å². The van der Waals surface area contributed by atoms with E-state index in [4.69, 9.17) is 32.2 Å². The van der Waals surface area contributed by atoms with Crippen molar-refractivity contribution in [3.63, 3.8) is 0 Å². The molecule has 1 aromatic heterocycles. The van der Waals surface area contributed by atoms with Gasteiger partial charge in [-0.05, 0) is 37.3 Å². The molecule has 0 fully saturated rings. The van der Waals surface area contributed by atoms with Crippen LogP contribution in [-0.4, -0.2) is 31.4 Å². The molecule has 3 aromatic rings. The number of hydrogen-bond donors (Lipinski definition) is 0. The number of para-hydroxylation sites is 1. The maximum absolute atomic E-state index is 13.7. The van der Waals surface area contributed by atoms with E-state index < -0.39 is 12.0 Å². The van der Waals surface area contributed by atoms with E-state index in [2.05, 4.69) is 10.9 Å². The maximum Gasteiger partial charge on any atom is 0.338 e. The Morgan fingerprint density at radius 1 is 1.26 bits per heavy atom. The zero-order valence-electron chi connectivity index (χ0n) is 19.2. The first-order valence-corrected chi connectivity index (χ1v) is 11.7. The summed E-state index contributed by atoms with van der Waals surface area (Å²) in [6.07, 6.45) is 7.05. The van der Waals surface area contributed by atoms with Crippen LogP contribution in [0, 0.1) is 12.3 Å². The summed E-state index contributed by atoms with van der Waals surface area (Å²) in [5.41, 5.74) is 1.56. The molecule has 4 rings (SSSR count). The minimum atomic E-state index is -0.845. The highest BCUT2D eigenvalue weighted by atomic mass is 35.5. The average molecular weight is 509 g/mol. The predicted molar refractivity (Wildman–Crippen MR) is 135 cm³/mol. The van der Waals surface area contributed by atoms with Gasteiger partial charge >= 0.3 is 5.97 Å². The van der Waals surface area contributed by atoms with Crippen LogP contribution in [0.15, 0.2) is 63.5 Å². The van der Waals surface area contributed by atoms with Gasteiger partial charge in [-0.3, -0.25) is 9.36 Å². The predicted octanol–water partition coefficient (Wildman–Crippen LogP) is 3.08. The summed E-state index contributed by atoms with van der Waals surface area (Å²) in [4.78, 5) is 31.6. The number of methoxy groups -OCH3 is 2. The fraction of sp³-hybridized carbons (Fsp3) is 0.192. The number of benzene rings is 2. The quantitative estimate of drug-likeness (QED) is 0.378. The van der Waals surface area contributed by atoms with E-state index in [1.807, 2.05) is 18.2 Å². The highest BCUT2D eigenvalue weighted by Gasteiger charge is 2.35. The number of nitrogens with zero attached hydrogens (tertiary/aromatic N) is 2. The molecule has 0 spiro atoms. The second kappa shape index (κ2) is 10.2. The number of esters is 1. The van der Waals surface area contributed by atoms with Gasteiger partial charge in [-0.25, -0.2) is 9.79 Å². The lowest BCUT2D eigenvalue weighted by molar-refractivity contribution is -0.136. The van der Waals surface area contributed by atoms with Crippen LogP contribution in [0.3, 0.4) is 0 Å². The van der Waals surface area contributed by atoms with Crippen molar-refractivity contribution in [3.05, 3.63) is 89.6 Å². The molecule has 9 heteroatoms. The van der Waals surface area contributed by atoms with Gasteiger partial charge in [0.1, 0.15) is 24.1 Å². The SMILES string of the molecule is C#CCOc1ccccc1/C=c1\sc2n(c1=O)[C@@H](c1cc(Cl)ccc1OC)C(C(=O)OC)=C(C)N=2. The monoisotopic (exact) mass is 508 g/mol. The topological polar surface area (TPSA) is 79.1 Å². The second-order valence-corrected chi connectivity index (χ2v) is 8.94. The summed E-state index contributed by atoms with van der Waals surface area (Å²) in [5.74, 6) is 2.86. The van der Waals surface area contributed by atoms with Crippen LogP contribution in [-0.2, 0) is 9.53 Å². The Labute approximate surface area is 210 Å². The van der Waals surface area contributed by atoms with Crippen molar-refractivity contribution in [1.82, 2.24) is 4.57 Å². The maximum atomic E-state index is 13.7. The molecule has 0 amide bonds. The van der Waals surface area contributed by atoms with E-state index >= 15 is 0 Å². The molecule has 7 nitrogen and oxygen atoms in total. The molecule has 0 N–H and O–H groups in total. The number of allylic oxidation sites excluding steroid dienone is 1. The normalized spacial score (nSPS) is 15.2. The van der Waals surface area contributed by atoms with E-state index in [9.17, 15) is 9.59 Å². The first kappa shape index (κ1) is 24.3. The lowest BCUT2D eigenvalue weighted by Crippen LogP contribution is -2.40. The number of hydrogen-bond acceptors (Lipinski definition) is 7. The Balaban J connectivity index is 1.99. The molecule has 0 saturated carbocycles. The molecule has 1 aliphatic heterocycles. The summed E-state index contributed by atoms with van der Waals surface area (Å²) >= 11 is 7.50. The Morgan fingerprint density at radius 3 is 2.74 bits per heavy atom. The van der Waals surface area contributed by atoms with Gasteiger partial charge in [-0.1, -0.05) is 47.1 Å². The standard InChI is InChI=1S/C26H21ClN2O5S/c1-5-12-34-19-9-7-6-8-16(19)13-21-24(30)29-23(18-14-17(27)10-11-20(18)32-3)22(25(31)33-4)15(2)28-26(29)35-21/h1,6-11,13-14,23H,12H2,2-4H3/b21-13-/t23-/m0/s1. The van der Waals surface area contributed by atoms with Gasteiger partial charge in [0.25, 0.3) is 5.56 Å². The van der Waals surface area contributed by atoms with Crippen LogP contribution in [0.2, 0.25) is 5.02 Å². The fourth-order valence-electron chi connectivity index (χ4n) is 3.90. The Bertz CT molecular complexity index is 1560. The zero-order chi connectivity index (χ0) is 25.1. The molecule has 2 aromatic carbocycles. The third-order valence-corrected chi connectivity index (χ3v) is 6.65. The lowest BCUT2D eigenvalue weighted by atomic mass is 9.95. The highest BCUT2D eigenvalue weighted by Crippen LogP contribution is 2.37. The van der Waals surface area contributed by atoms with E-state index in [0.717, 1.165) is 0 Å². The van der Waals surface area contributed by atoms with Crippen LogP contribution in [0.5, 0.6) is 11.5 Å². The van der Waals surface area contributed by atoms with Crippen LogP contribution in [0.4, 0.5) is 0 Å². The number of halogens is 1. The third-order valence-electron chi connectivity index (χ3n) is 5.43. The van der Waals surface area contributed by atoms with E-state index in [1.165, 1.54) is 30.1 Å². The molecule has 0 radical (unpaired) electrons. The van der Waals surface area contributed by atoms with Crippen LogP contribution < -0.4 is 24.4 Å². The number of rotatable bonds is 6. The summed E-state index contributed by atoms with van der Waals surface area (Å²) in [6, 6.07) is 11.5. The van der Waals surface area contributed by atoms with Crippen molar-refractivity contribution in [1.29, 1.82) is 0 Å². The average Bonchev–Trinajstić information content (AvgIpc) is 3.16. The molecule has 1 aliphatic rings. The molecular formula is C26H21ClN2O5S. The summed E-state index contributed by atoms with van der Waals surface area (Å²) in [7, 11) is 2.80. The van der Waals surface area contributed by atoms with Crippen LogP contribution in [0.1, 0.15) is 24.1 Å². The molecule has 0 aliphatic carbocycles. The van der Waals surface area contributed by atoms with Gasteiger partial charge in [0.2, 0.25) is 0 Å². The molecule has 0 unspecified atom stereocenters. The van der Waals surface area contributed by atoms with Crippen molar-refractivity contribution in [3.8, 4) is 23.8 Å². The zero-order valence-corrected chi connectivity index (χ0v) is 20.8. The first-order valence-electron chi connectivity index (χ1n) is 10.5. The van der Waals surface area contributed by atoms with Gasteiger partial charge in [0.15, 0.2) is 4.80 Å². The Hall–Kier alpha value is -3.80. The second-order valence-electron chi connectivity index (χ2n) is 7.49. The number of thiazole rings is 1. The molecule has 0 saturated heterocycles. The molecule has 0 bridgehead atoms. The van der Waals surface area contributed by atoms with Crippen LogP contribution in [0.25, 0.3) is 6.08 Å². The number of aromatic nitrogens is 1. The van der Waals surface area contributed by atoms with Crippen molar-refractivity contribution >= 4 is 35.0 Å². The summed E-state index contributed by atoms with van der Waals surface area (Å²) in [5, 5.41) is 0.432. The highest BCUT2D eigenvalue weighted by molar-refractivity contribution is 7.07. The van der Waals surface area contributed by atoms with Crippen LogP contribution >= 0.6 is 22.9 Å². The molecular weight excluding hydrogens is 488 g/mol. The minimum Gasteiger partial charge on any atom is -0.496 e. The third kappa shape index (κ3) is 4.61. The van der Waals surface area contributed by atoms with Gasteiger partial charge < -0.3 is 14.2 Å². The number of terminal acetylenes is 1. The molecule has 2 heterocycles. The lowest BCUT2D eigenvalue weighted by Gasteiger charge is -2.25. The fourth-order valence-corrected chi connectivity index (χ4v) is 5.12. The largest absolute Gasteiger partial charge is 0.496 e.